The normalized spacial score (nSPS) is 14.4. The highest BCUT2D eigenvalue weighted by atomic mass is 16.6. The molecule has 0 aromatic heterocycles. The van der Waals surface area contributed by atoms with Crippen LogP contribution in [0.4, 0.5) is 4.79 Å². The van der Waals surface area contributed by atoms with Crippen LogP contribution in [-0.4, -0.2) is 24.8 Å². The van der Waals surface area contributed by atoms with Gasteiger partial charge in [0.15, 0.2) is 0 Å². The van der Waals surface area contributed by atoms with Gasteiger partial charge in [-0.05, 0) is 51.3 Å². The zero-order valence-corrected chi connectivity index (χ0v) is 14.0. The van der Waals surface area contributed by atoms with Gasteiger partial charge in [-0.15, -0.1) is 0 Å². The second-order valence-electron chi connectivity index (χ2n) is 6.87. The average Bonchev–Trinajstić information content (AvgIpc) is 2.37. The van der Waals surface area contributed by atoms with Crippen LogP contribution in [0.1, 0.15) is 44.4 Å². The van der Waals surface area contributed by atoms with Gasteiger partial charge < -0.3 is 15.8 Å². The third kappa shape index (κ3) is 4.74. The van der Waals surface area contributed by atoms with Crippen molar-refractivity contribution in [2.75, 3.05) is 13.1 Å². The number of rotatable bonds is 4. The lowest BCUT2D eigenvalue weighted by Gasteiger charge is -2.31. The Balaban J connectivity index is 2.86. The van der Waals surface area contributed by atoms with E-state index in [-0.39, 0.29) is 5.41 Å². The molecule has 0 aliphatic heterocycles. The topological polar surface area (TPSA) is 64.3 Å². The number of hydrogen-bond acceptors (Lipinski definition) is 3. The second kappa shape index (κ2) is 6.48. The van der Waals surface area contributed by atoms with Gasteiger partial charge in [0, 0.05) is 18.5 Å². The maximum absolute atomic E-state index is 11.8. The van der Waals surface area contributed by atoms with Crippen LogP contribution in [-0.2, 0) is 10.2 Å². The molecule has 1 unspecified atom stereocenters. The molecule has 0 heterocycles. The van der Waals surface area contributed by atoms with Gasteiger partial charge in [-0.25, -0.2) is 4.79 Å². The fraction of sp³-hybridized carbons (Fsp3) is 0.588. The van der Waals surface area contributed by atoms with E-state index in [9.17, 15) is 4.79 Å². The van der Waals surface area contributed by atoms with Crippen LogP contribution < -0.4 is 11.1 Å². The fourth-order valence-corrected chi connectivity index (χ4v) is 2.26. The van der Waals surface area contributed by atoms with Gasteiger partial charge in [0.1, 0.15) is 5.60 Å². The Morgan fingerprint density at radius 1 is 1.24 bits per heavy atom. The van der Waals surface area contributed by atoms with Gasteiger partial charge in [0.05, 0.1) is 0 Å². The predicted molar refractivity (Wildman–Crippen MR) is 86.6 cm³/mol. The number of amides is 1. The average molecular weight is 292 g/mol. The standard InChI is InChI=1S/C17H28N2O2/c1-12-8-7-9-14(13(12)2)17(6,10-18)11-19-15(20)21-16(3,4)5/h7-9H,10-11,18H2,1-6H3,(H,19,20). The number of nitrogens with one attached hydrogen (secondary N) is 1. The molecule has 0 saturated carbocycles. The highest BCUT2D eigenvalue weighted by molar-refractivity contribution is 5.68. The molecule has 0 saturated heterocycles. The summed E-state index contributed by atoms with van der Waals surface area (Å²) in [5.74, 6) is 0. The molecule has 0 radical (unpaired) electrons. The van der Waals surface area contributed by atoms with Crippen molar-refractivity contribution in [1.82, 2.24) is 5.32 Å². The van der Waals surface area contributed by atoms with Gasteiger partial charge in [-0.3, -0.25) is 0 Å². The van der Waals surface area contributed by atoms with E-state index in [0.29, 0.717) is 13.1 Å². The molecule has 0 spiro atoms. The van der Waals surface area contributed by atoms with Crippen molar-refractivity contribution >= 4 is 6.09 Å². The molecule has 1 amide bonds. The fourth-order valence-electron chi connectivity index (χ4n) is 2.26. The molecular weight excluding hydrogens is 264 g/mol. The second-order valence-corrected chi connectivity index (χ2v) is 6.87. The van der Waals surface area contributed by atoms with Crippen LogP contribution in [0.2, 0.25) is 0 Å². The lowest BCUT2D eigenvalue weighted by molar-refractivity contribution is 0.0516. The summed E-state index contributed by atoms with van der Waals surface area (Å²) in [5, 5.41) is 2.83. The Bertz CT molecular complexity index is 506. The van der Waals surface area contributed by atoms with E-state index in [1.807, 2.05) is 26.8 Å². The van der Waals surface area contributed by atoms with Gasteiger partial charge in [-0.2, -0.15) is 0 Å². The quantitative estimate of drug-likeness (QED) is 0.896. The van der Waals surface area contributed by atoms with Crippen LogP contribution in [0, 0.1) is 13.8 Å². The number of ether oxygens (including phenoxy) is 1. The Hall–Kier alpha value is -1.55. The minimum absolute atomic E-state index is 0.312. The lowest BCUT2D eigenvalue weighted by Crippen LogP contribution is -2.45. The zero-order valence-electron chi connectivity index (χ0n) is 14.0. The number of nitrogens with two attached hydrogens (primary N) is 1. The maximum Gasteiger partial charge on any atom is 0.407 e. The summed E-state index contributed by atoms with van der Waals surface area (Å²) in [6.07, 6.45) is -0.410. The van der Waals surface area contributed by atoms with E-state index in [1.165, 1.54) is 16.7 Å². The van der Waals surface area contributed by atoms with E-state index < -0.39 is 11.7 Å². The van der Waals surface area contributed by atoms with Crippen molar-refractivity contribution in [3.63, 3.8) is 0 Å². The Morgan fingerprint density at radius 3 is 2.38 bits per heavy atom. The Labute approximate surface area is 128 Å². The molecule has 1 rings (SSSR count). The Morgan fingerprint density at radius 2 is 1.86 bits per heavy atom. The molecule has 21 heavy (non-hydrogen) atoms. The van der Waals surface area contributed by atoms with Crippen LogP contribution in [0.3, 0.4) is 0 Å². The zero-order chi connectivity index (χ0) is 16.3. The van der Waals surface area contributed by atoms with Crippen molar-refractivity contribution in [2.24, 2.45) is 5.73 Å². The third-order valence-electron chi connectivity index (χ3n) is 3.73. The van der Waals surface area contributed by atoms with Crippen molar-refractivity contribution in [3.8, 4) is 0 Å². The summed E-state index contributed by atoms with van der Waals surface area (Å²) in [6, 6.07) is 6.18. The first-order valence-electron chi connectivity index (χ1n) is 7.33. The van der Waals surface area contributed by atoms with Gasteiger partial charge in [0.2, 0.25) is 0 Å². The van der Waals surface area contributed by atoms with E-state index in [1.54, 1.807) is 0 Å². The highest BCUT2D eigenvalue weighted by Crippen LogP contribution is 2.27. The minimum Gasteiger partial charge on any atom is -0.444 e. The number of hydrogen-bond donors (Lipinski definition) is 2. The monoisotopic (exact) mass is 292 g/mol. The summed E-state index contributed by atoms with van der Waals surface area (Å²) in [6.45, 7) is 12.7. The van der Waals surface area contributed by atoms with Crippen molar-refractivity contribution in [3.05, 3.63) is 34.9 Å². The number of benzene rings is 1. The summed E-state index contributed by atoms with van der Waals surface area (Å²) in [5.41, 5.74) is 8.78. The van der Waals surface area contributed by atoms with Gasteiger partial charge in [-0.1, -0.05) is 25.1 Å². The number of alkyl carbamates (subject to hydrolysis) is 1. The smallest absolute Gasteiger partial charge is 0.407 e. The maximum atomic E-state index is 11.8. The molecule has 4 nitrogen and oxygen atoms in total. The van der Waals surface area contributed by atoms with Crippen molar-refractivity contribution < 1.29 is 9.53 Å². The molecule has 1 atom stereocenters. The molecule has 0 aliphatic rings. The molecule has 1 aromatic rings. The predicted octanol–water partition coefficient (Wildman–Crippen LogP) is 3.04. The van der Waals surface area contributed by atoms with E-state index >= 15 is 0 Å². The summed E-state index contributed by atoms with van der Waals surface area (Å²) in [4.78, 5) is 11.8. The highest BCUT2D eigenvalue weighted by Gasteiger charge is 2.28. The van der Waals surface area contributed by atoms with Crippen molar-refractivity contribution in [2.45, 2.75) is 52.6 Å². The third-order valence-corrected chi connectivity index (χ3v) is 3.73. The minimum atomic E-state index is -0.498. The van der Waals surface area contributed by atoms with Crippen LogP contribution in [0.5, 0.6) is 0 Å². The van der Waals surface area contributed by atoms with Crippen LogP contribution >= 0.6 is 0 Å². The summed E-state index contributed by atoms with van der Waals surface area (Å²) >= 11 is 0. The first-order chi connectivity index (χ1) is 9.59. The summed E-state index contributed by atoms with van der Waals surface area (Å²) < 4.78 is 5.28. The van der Waals surface area contributed by atoms with Gasteiger partial charge in [0.25, 0.3) is 0 Å². The van der Waals surface area contributed by atoms with Crippen molar-refractivity contribution in [1.29, 1.82) is 0 Å². The van der Waals surface area contributed by atoms with Crippen LogP contribution in [0.25, 0.3) is 0 Å². The molecule has 3 N–H and O–H groups in total. The largest absolute Gasteiger partial charge is 0.444 e. The molecule has 1 aromatic carbocycles. The van der Waals surface area contributed by atoms with Gasteiger partial charge >= 0.3 is 6.09 Å². The lowest BCUT2D eigenvalue weighted by atomic mass is 9.79. The SMILES string of the molecule is Cc1cccc(C(C)(CN)CNC(=O)OC(C)(C)C)c1C. The molecule has 118 valence electrons. The Kier molecular flexibility index (Phi) is 5.40. The molecule has 0 fully saturated rings. The first kappa shape index (κ1) is 17.5. The number of aryl methyl sites for hydroxylation is 1. The van der Waals surface area contributed by atoms with Crippen LogP contribution in [0.15, 0.2) is 18.2 Å². The molecule has 0 aliphatic carbocycles. The molecule has 0 bridgehead atoms. The number of carbonyl (C=O) groups excluding carboxylic acids is 1. The van der Waals surface area contributed by atoms with E-state index in [2.05, 4.69) is 38.2 Å². The van der Waals surface area contributed by atoms with E-state index in [4.69, 9.17) is 10.5 Å². The van der Waals surface area contributed by atoms with E-state index in [0.717, 1.165) is 0 Å². The summed E-state index contributed by atoms with van der Waals surface area (Å²) in [7, 11) is 0. The molecule has 4 heteroatoms. The first-order valence-corrected chi connectivity index (χ1v) is 7.33. The number of carbonyl (C=O) groups is 1. The molecular formula is C17H28N2O2.